The van der Waals surface area contributed by atoms with Gasteiger partial charge < -0.3 is 4.90 Å². The van der Waals surface area contributed by atoms with Crippen molar-refractivity contribution in [1.82, 2.24) is 4.90 Å². The average Bonchev–Trinajstić information content (AvgIpc) is 2.17. The zero-order valence-electron chi connectivity index (χ0n) is 8.68. The molecule has 0 radical (unpaired) electrons. The first kappa shape index (κ1) is 12.8. The second-order valence-corrected chi connectivity index (χ2v) is 3.49. The van der Waals surface area contributed by atoms with E-state index in [-0.39, 0.29) is 11.8 Å². The monoisotopic (exact) mass is 205 g/mol. The molecule has 0 saturated heterocycles. The minimum absolute atomic E-state index is 0.0727. The molecule has 0 aliphatic heterocycles. The zero-order chi connectivity index (χ0) is 10.1. The fraction of sp³-hybridized carbons (Fsp3) is 0.900. The molecule has 0 fully saturated rings. The molecule has 2 nitrogen and oxygen atoms in total. The summed E-state index contributed by atoms with van der Waals surface area (Å²) >= 11 is 5.51. The van der Waals surface area contributed by atoms with E-state index in [1.807, 2.05) is 4.90 Å². The Bertz CT molecular complexity index is 131. The third-order valence-corrected chi connectivity index (χ3v) is 2.26. The number of nitrogens with zero attached hydrogens (tertiary/aromatic N) is 1. The van der Waals surface area contributed by atoms with Gasteiger partial charge in [0.2, 0.25) is 5.91 Å². The summed E-state index contributed by atoms with van der Waals surface area (Å²) < 4.78 is 0. The summed E-state index contributed by atoms with van der Waals surface area (Å²) in [6, 6.07) is 0. The van der Waals surface area contributed by atoms with Gasteiger partial charge in [0.05, 0.1) is 0 Å². The van der Waals surface area contributed by atoms with Crippen molar-refractivity contribution in [3.63, 3.8) is 0 Å². The second kappa shape index (κ2) is 8.36. The molecule has 0 atom stereocenters. The van der Waals surface area contributed by atoms with Gasteiger partial charge in [-0.05, 0) is 12.8 Å². The van der Waals surface area contributed by atoms with Crippen LogP contribution in [0.15, 0.2) is 0 Å². The van der Waals surface area contributed by atoms with Gasteiger partial charge in [0, 0.05) is 13.1 Å². The maximum absolute atomic E-state index is 11.3. The molecule has 3 heteroatoms. The molecule has 0 aromatic carbocycles. The Hall–Kier alpha value is -0.240. The highest BCUT2D eigenvalue weighted by molar-refractivity contribution is 6.27. The van der Waals surface area contributed by atoms with E-state index < -0.39 is 0 Å². The highest BCUT2D eigenvalue weighted by atomic mass is 35.5. The highest BCUT2D eigenvalue weighted by Crippen LogP contribution is 2.00. The predicted octanol–water partition coefficient (Wildman–Crippen LogP) is 2.65. The lowest BCUT2D eigenvalue weighted by Crippen LogP contribution is -2.33. The minimum atomic E-state index is 0.0727. The van der Waals surface area contributed by atoms with Crippen LogP contribution in [0.25, 0.3) is 0 Å². The largest absolute Gasteiger partial charge is 0.342 e. The molecular weight excluding hydrogens is 186 g/mol. The smallest absolute Gasteiger partial charge is 0.237 e. The molecule has 0 bridgehead atoms. The van der Waals surface area contributed by atoms with E-state index >= 15 is 0 Å². The van der Waals surface area contributed by atoms with E-state index in [1.54, 1.807) is 0 Å². The summed E-state index contributed by atoms with van der Waals surface area (Å²) in [5, 5.41) is 0. The van der Waals surface area contributed by atoms with Crippen LogP contribution in [0.5, 0.6) is 0 Å². The minimum Gasteiger partial charge on any atom is -0.342 e. The van der Waals surface area contributed by atoms with Gasteiger partial charge in [0.25, 0.3) is 0 Å². The van der Waals surface area contributed by atoms with Crippen LogP contribution >= 0.6 is 11.6 Å². The fourth-order valence-electron chi connectivity index (χ4n) is 1.14. The van der Waals surface area contributed by atoms with Crippen LogP contribution in [-0.2, 0) is 4.79 Å². The third kappa shape index (κ3) is 5.92. The van der Waals surface area contributed by atoms with Gasteiger partial charge in [-0.1, -0.05) is 26.7 Å². The summed E-state index contributed by atoms with van der Waals surface area (Å²) in [7, 11) is 0. The molecule has 13 heavy (non-hydrogen) atoms. The lowest BCUT2D eigenvalue weighted by atomic mass is 10.2. The number of amides is 1. The van der Waals surface area contributed by atoms with Crippen LogP contribution in [0.3, 0.4) is 0 Å². The zero-order valence-corrected chi connectivity index (χ0v) is 9.44. The number of alkyl halides is 1. The van der Waals surface area contributed by atoms with Crippen LogP contribution < -0.4 is 0 Å². The Morgan fingerprint density at radius 2 is 1.62 bits per heavy atom. The van der Waals surface area contributed by atoms with E-state index in [0.29, 0.717) is 0 Å². The Kier molecular flexibility index (Phi) is 8.21. The van der Waals surface area contributed by atoms with Gasteiger partial charge >= 0.3 is 0 Å². The standard InChI is InChI=1S/C10H20ClNO/c1-3-5-7-12(8-6-4-2)10(13)9-11/h3-9H2,1-2H3. The van der Waals surface area contributed by atoms with Gasteiger partial charge in [-0.2, -0.15) is 0 Å². The van der Waals surface area contributed by atoms with E-state index in [1.165, 1.54) is 0 Å². The third-order valence-electron chi connectivity index (χ3n) is 2.03. The van der Waals surface area contributed by atoms with Crippen molar-refractivity contribution < 1.29 is 4.79 Å². The Morgan fingerprint density at radius 3 is 1.92 bits per heavy atom. The van der Waals surface area contributed by atoms with Gasteiger partial charge in [0.15, 0.2) is 0 Å². The number of halogens is 1. The first-order valence-corrected chi connectivity index (χ1v) is 5.63. The normalized spacial score (nSPS) is 10.1. The van der Waals surface area contributed by atoms with Gasteiger partial charge in [0.1, 0.15) is 5.88 Å². The topological polar surface area (TPSA) is 20.3 Å². The quantitative estimate of drug-likeness (QED) is 0.586. The van der Waals surface area contributed by atoms with Crippen molar-refractivity contribution in [3.05, 3.63) is 0 Å². The van der Waals surface area contributed by atoms with Crippen molar-refractivity contribution in [3.8, 4) is 0 Å². The van der Waals surface area contributed by atoms with Gasteiger partial charge in [-0.3, -0.25) is 4.79 Å². The first-order valence-electron chi connectivity index (χ1n) is 5.10. The second-order valence-electron chi connectivity index (χ2n) is 3.22. The van der Waals surface area contributed by atoms with Gasteiger partial charge in [-0.25, -0.2) is 0 Å². The van der Waals surface area contributed by atoms with E-state index in [0.717, 1.165) is 38.8 Å². The number of unbranched alkanes of at least 4 members (excludes halogenated alkanes) is 2. The molecule has 0 saturated carbocycles. The van der Waals surface area contributed by atoms with Crippen LogP contribution in [0.2, 0.25) is 0 Å². The summed E-state index contributed by atoms with van der Waals surface area (Å²) in [6.45, 7) is 5.98. The summed E-state index contributed by atoms with van der Waals surface area (Å²) in [5.41, 5.74) is 0. The molecule has 78 valence electrons. The molecule has 1 amide bonds. The highest BCUT2D eigenvalue weighted by Gasteiger charge is 2.09. The molecule has 0 heterocycles. The molecular formula is C10H20ClNO. The van der Waals surface area contributed by atoms with Gasteiger partial charge in [-0.15, -0.1) is 11.6 Å². The lowest BCUT2D eigenvalue weighted by molar-refractivity contribution is -0.128. The molecule has 0 aliphatic carbocycles. The summed E-state index contributed by atoms with van der Waals surface area (Å²) in [6.07, 6.45) is 4.40. The van der Waals surface area contributed by atoms with Crippen LogP contribution in [0.1, 0.15) is 39.5 Å². The van der Waals surface area contributed by atoms with Crippen molar-refractivity contribution >= 4 is 17.5 Å². The SMILES string of the molecule is CCCCN(CCCC)C(=O)CCl. The van der Waals surface area contributed by atoms with Crippen molar-refractivity contribution in [2.24, 2.45) is 0 Å². The number of rotatable bonds is 7. The molecule has 0 spiro atoms. The molecule has 0 aliphatic rings. The number of carbonyl (C=O) groups is 1. The number of hydrogen-bond acceptors (Lipinski definition) is 1. The Labute approximate surface area is 86.2 Å². The average molecular weight is 206 g/mol. The number of hydrogen-bond donors (Lipinski definition) is 0. The molecule has 0 aromatic rings. The first-order chi connectivity index (χ1) is 6.26. The Balaban J connectivity index is 3.79. The maximum atomic E-state index is 11.3. The maximum Gasteiger partial charge on any atom is 0.237 e. The van der Waals surface area contributed by atoms with Crippen LogP contribution in [0.4, 0.5) is 0 Å². The van der Waals surface area contributed by atoms with Crippen molar-refractivity contribution in [2.75, 3.05) is 19.0 Å². The fourth-order valence-corrected chi connectivity index (χ4v) is 1.31. The van der Waals surface area contributed by atoms with Crippen molar-refractivity contribution in [2.45, 2.75) is 39.5 Å². The van der Waals surface area contributed by atoms with Crippen LogP contribution in [0, 0.1) is 0 Å². The predicted molar refractivity (Wildman–Crippen MR) is 57.1 cm³/mol. The summed E-state index contributed by atoms with van der Waals surface area (Å²) in [5.74, 6) is 0.191. The van der Waals surface area contributed by atoms with E-state index in [9.17, 15) is 4.79 Å². The van der Waals surface area contributed by atoms with Crippen LogP contribution in [-0.4, -0.2) is 29.8 Å². The molecule has 0 unspecified atom stereocenters. The lowest BCUT2D eigenvalue weighted by Gasteiger charge is -2.21. The van der Waals surface area contributed by atoms with Crippen molar-refractivity contribution in [1.29, 1.82) is 0 Å². The molecule has 0 aromatic heterocycles. The Morgan fingerprint density at radius 1 is 1.15 bits per heavy atom. The summed E-state index contributed by atoms with van der Waals surface area (Å²) in [4.78, 5) is 13.2. The van der Waals surface area contributed by atoms with E-state index in [4.69, 9.17) is 11.6 Å². The van der Waals surface area contributed by atoms with E-state index in [2.05, 4.69) is 13.8 Å². The molecule has 0 N–H and O–H groups in total. The molecule has 0 rings (SSSR count). The number of carbonyl (C=O) groups excluding carboxylic acids is 1.